The van der Waals surface area contributed by atoms with Gasteiger partial charge in [-0.3, -0.25) is 9.52 Å². The summed E-state index contributed by atoms with van der Waals surface area (Å²) < 4.78 is 38.4. The number of sulfonamides is 1. The predicted molar refractivity (Wildman–Crippen MR) is 121 cm³/mol. The van der Waals surface area contributed by atoms with E-state index in [0.29, 0.717) is 27.8 Å². The van der Waals surface area contributed by atoms with Crippen molar-refractivity contribution in [3.63, 3.8) is 0 Å². The van der Waals surface area contributed by atoms with Crippen LogP contribution in [-0.2, 0) is 10.0 Å². The number of halogens is 1. The average Bonchev–Trinajstić information content (AvgIpc) is 2.73. The molecule has 0 atom stereocenters. The minimum Gasteiger partial charge on any atom is -0.497 e. The average molecular weight is 461 g/mol. The maximum atomic E-state index is 12.8. The molecule has 0 aliphatic rings. The van der Waals surface area contributed by atoms with Crippen LogP contribution in [0.5, 0.6) is 11.5 Å². The van der Waals surface area contributed by atoms with Gasteiger partial charge in [-0.2, -0.15) is 0 Å². The van der Waals surface area contributed by atoms with Gasteiger partial charge in [0.2, 0.25) is 0 Å². The molecule has 0 saturated heterocycles. The molecule has 9 heteroatoms. The molecule has 3 aromatic rings. The lowest BCUT2D eigenvalue weighted by molar-refractivity contribution is 0.102. The second-order valence-corrected chi connectivity index (χ2v) is 8.72. The lowest BCUT2D eigenvalue weighted by Gasteiger charge is -2.13. The molecule has 0 aliphatic carbocycles. The molecule has 1 amide bonds. The van der Waals surface area contributed by atoms with E-state index in [4.69, 9.17) is 21.1 Å². The Balaban J connectivity index is 1.78. The van der Waals surface area contributed by atoms with E-state index in [1.165, 1.54) is 44.6 Å². The number of hydrogen-bond donors (Lipinski definition) is 2. The van der Waals surface area contributed by atoms with E-state index in [9.17, 15) is 13.2 Å². The number of carbonyl (C=O) groups excluding carboxylic acids is 1. The van der Waals surface area contributed by atoms with E-state index in [1.807, 2.05) is 6.92 Å². The van der Waals surface area contributed by atoms with Gasteiger partial charge in [0.05, 0.1) is 35.4 Å². The zero-order valence-electron chi connectivity index (χ0n) is 17.1. The molecule has 162 valence electrons. The Labute approximate surface area is 186 Å². The molecule has 0 aromatic heterocycles. The van der Waals surface area contributed by atoms with Crippen molar-refractivity contribution in [1.82, 2.24) is 0 Å². The fourth-order valence-corrected chi connectivity index (χ4v) is 4.20. The summed E-state index contributed by atoms with van der Waals surface area (Å²) in [6.45, 7) is 1.88. The molecule has 0 saturated carbocycles. The summed E-state index contributed by atoms with van der Waals surface area (Å²) in [5.74, 6) is 0.439. The Hall–Kier alpha value is -3.23. The lowest BCUT2D eigenvalue weighted by Crippen LogP contribution is -2.15. The standard InChI is InChI=1S/C22H21ClN2O5S/c1-14-4-10-18(19(23)12-14)22(26)24-15-5-8-17(9-6-15)31(27,28)25-20-13-16(29-2)7-11-21(20)30-3/h4-13,25H,1-3H3,(H,24,26). The third-order valence-electron chi connectivity index (χ3n) is 4.44. The monoisotopic (exact) mass is 460 g/mol. The van der Waals surface area contributed by atoms with Gasteiger partial charge in [-0.1, -0.05) is 17.7 Å². The van der Waals surface area contributed by atoms with Gasteiger partial charge in [0.1, 0.15) is 11.5 Å². The van der Waals surface area contributed by atoms with E-state index < -0.39 is 10.0 Å². The minimum atomic E-state index is -3.90. The van der Waals surface area contributed by atoms with E-state index in [0.717, 1.165) is 5.56 Å². The first-order chi connectivity index (χ1) is 14.7. The number of ether oxygens (including phenoxy) is 2. The number of methoxy groups -OCH3 is 2. The summed E-state index contributed by atoms with van der Waals surface area (Å²) in [5.41, 5.74) is 1.94. The zero-order valence-corrected chi connectivity index (χ0v) is 18.7. The molecule has 0 bridgehead atoms. The number of hydrogen-bond acceptors (Lipinski definition) is 5. The molecular formula is C22H21ClN2O5S. The van der Waals surface area contributed by atoms with Gasteiger partial charge in [0, 0.05) is 11.8 Å². The summed E-state index contributed by atoms with van der Waals surface area (Å²) in [6.07, 6.45) is 0. The summed E-state index contributed by atoms with van der Waals surface area (Å²) in [5, 5.41) is 3.05. The largest absolute Gasteiger partial charge is 0.497 e. The second kappa shape index (κ2) is 9.28. The van der Waals surface area contributed by atoms with Crippen LogP contribution < -0.4 is 19.5 Å². The maximum absolute atomic E-state index is 12.8. The Kier molecular flexibility index (Phi) is 6.72. The number of amides is 1. The van der Waals surface area contributed by atoms with Crippen LogP contribution in [0, 0.1) is 6.92 Å². The molecule has 7 nitrogen and oxygen atoms in total. The smallest absolute Gasteiger partial charge is 0.262 e. The number of carbonyl (C=O) groups is 1. The van der Waals surface area contributed by atoms with E-state index >= 15 is 0 Å². The summed E-state index contributed by atoms with van der Waals surface area (Å²) >= 11 is 6.13. The van der Waals surface area contributed by atoms with Crippen LogP contribution in [0.4, 0.5) is 11.4 Å². The van der Waals surface area contributed by atoms with E-state index in [-0.39, 0.29) is 16.5 Å². The molecule has 0 heterocycles. The van der Waals surface area contributed by atoms with Crippen LogP contribution in [0.3, 0.4) is 0 Å². The van der Waals surface area contributed by atoms with Crippen molar-refractivity contribution in [3.8, 4) is 11.5 Å². The fourth-order valence-electron chi connectivity index (χ4n) is 2.82. The number of rotatable bonds is 7. The maximum Gasteiger partial charge on any atom is 0.262 e. The van der Waals surface area contributed by atoms with Crippen LogP contribution in [-0.4, -0.2) is 28.5 Å². The SMILES string of the molecule is COc1ccc(OC)c(NS(=O)(=O)c2ccc(NC(=O)c3ccc(C)cc3Cl)cc2)c1. The number of benzene rings is 3. The Morgan fingerprint density at radius 3 is 2.26 bits per heavy atom. The molecule has 3 rings (SSSR count). The first kappa shape index (κ1) is 22.5. The first-order valence-corrected chi connectivity index (χ1v) is 11.0. The van der Waals surface area contributed by atoms with Gasteiger partial charge in [0.15, 0.2) is 0 Å². The highest BCUT2D eigenvalue weighted by molar-refractivity contribution is 7.92. The molecule has 31 heavy (non-hydrogen) atoms. The Morgan fingerprint density at radius 1 is 0.935 bits per heavy atom. The van der Waals surface area contributed by atoms with Gasteiger partial charge in [0.25, 0.3) is 15.9 Å². The van der Waals surface area contributed by atoms with Crippen molar-refractivity contribution in [2.45, 2.75) is 11.8 Å². The molecule has 0 aliphatic heterocycles. The van der Waals surface area contributed by atoms with Crippen LogP contribution >= 0.6 is 11.6 Å². The van der Waals surface area contributed by atoms with Crippen LogP contribution in [0.25, 0.3) is 0 Å². The third-order valence-corrected chi connectivity index (χ3v) is 6.14. The van der Waals surface area contributed by atoms with Gasteiger partial charge >= 0.3 is 0 Å². The van der Waals surface area contributed by atoms with Gasteiger partial charge in [-0.25, -0.2) is 8.42 Å². The fraction of sp³-hybridized carbons (Fsp3) is 0.136. The quantitative estimate of drug-likeness (QED) is 0.532. The van der Waals surface area contributed by atoms with Crippen molar-refractivity contribution < 1.29 is 22.7 Å². The third kappa shape index (κ3) is 5.28. The highest BCUT2D eigenvalue weighted by Crippen LogP contribution is 2.31. The first-order valence-electron chi connectivity index (χ1n) is 9.16. The number of aryl methyl sites for hydroxylation is 1. The molecule has 2 N–H and O–H groups in total. The van der Waals surface area contributed by atoms with Crippen molar-refractivity contribution in [2.24, 2.45) is 0 Å². The van der Waals surface area contributed by atoms with Gasteiger partial charge < -0.3 is 14.8 Å². The second-order valence-electron chi connectivity index (χ2n) is 6.63. The normalized spacial score (nSPS) is 11.0. The van der Waals surface area contributed by atoms with Gasteiger partial charge in [-0.05, 0) is 61.0 Å². The van der Waals surface area contributed by atoms with Crippen LogP contribution in [0.1, 0.15) is 15.9 Å². The molecular weight excluding hydrogens is 440 g/mol. The molecule has 3 aromatic carbocycles. The Bertz CT molecular complexity index is 1210. The zero-order chi connectivity index (χ0) is 22.6. The molecule has 0 spiro atoms. The highest BCUT2D eigenvalue weighted by atomic mass is 35.5. The molecule has 0 fully saturated rings. The van der Waals surface area contributed by atoms with Crippen molar-refractivity contribution >= 4 is 38.9 Å². The highest BCUT2D eigenvalue weighted by Gasteiger charge is 2.18. The van der Waals surface area contributed by atoms with Crippen molar-refractivity contribution in [1.29, 1.82) is 0 Å². The molecule has 0 radical (unpaired) electrons. The molecule has 0 unspecified atom stereocenters. The number of anilines is 2. The number of nitrogens with one attached hydrogen (secondary N) is 2. The summed E-state index contributed by atoms with van der Waals surface area (Å²) in [6, 6.07) is 15.7. The lowest BCUT2D eigenvalue weighted by atomic mass is 10.1. The Morgan fingerprint density at radius 2 is 1.65 bits per heavy atom. The van der Waals surface area contributed by atoms with Crippen molar-refractivity contribution in [2.75, 3.05) is 24.3 Å². The van der Waals surface area contributed by atoms with Gasteiger partial charge in [-0.15, -0.1) is 0 Å². The summed E-state index contributed by atoms with van der Waals surface area (Å²) in [7, 11) is -0.974. The van der Waals surface area contributed by atoms with E-state index in [2.05, 4.69) is 10.0 Å². The van der Waals surface area contributed by atoms with Crippen LogP contribution in [0.2, 0.25) is 5.02 Å². The summed E-state index contributed by atoms with van der Waals surface area (Å²) in [4.78, 5) is 12.5. The predicted octanol–water partition coefficient (Wildman–Crippen LogP) is 4.72. The topological polar surface area (TPSA) is 93.7 Å². The van der Waals surface area contributed by atoms with Crippen molar-refractivity contribution in [3.05, 3.63) is 76.8 Å². The van der Waals surface area contributed by atoms with E-state index in [1.54, 1.807) is 30.3 Å². The minimum absolute atomic E-state index is 0.0174. The van der Waals surface area contributed by atoms with Crippen LogP contribution in [0.15, 0.2) is 65.6 Å².